The van der Waals surface area contributed by atoms with E-state index in [-0.39, 0.29) is 6.61 Å². The van der Waals surface area contributed by atoms with E-state index in [4.69, 9.17) is 18.0 Å². The fourth-order valence-electron chi connectivity index (χ4n) is 2.21. The molecule has 0 spiro atoms. The molecule has 18 heavy (non-hydrogen) atoms. The van der Waals surface area contributed by atoms with Gasteiger partial charge in [0.1, 0.15) is 4.99 Å². The highest BCUT2D eigenvalue weighted by molar-refractivity contribution is 9.10. The fraction of sp³-hybridized carbons (Fsp3) is 0.462. The van der Waals surface area contributed by atoms with Gasteiger partial charge in [0.05, 0.1) is 6.61 Å². The van der Waals surface area contributed by atoms with Crippen molar-refractivity contribution in [2.45, 2.75) is 25.3 Å². The summed E-state index contributed by atoms with van der Waals surface area (Å²) in [7, 11) is 0. The molecule has 3 N–H and O–H groups in total. The van der Waals surface area contributed by atoms with E-state index in [0.29, 0.717) is 17.6 Å². The second-order valence-electron chi connectivity index (χ2n) is 4.53. The molecule has 0 amide bonds. The Labute approximate surface area is 121 Å². The first kappa shape index (κ1) is 13.8. The smallest absolute Gasteiger partial charge is 0.105 e. The zero-order chi connectivity index (χ0) is 13.1. The molecule has 1 aliphatic rings. The Hall–Kier alpha value is -0.650. The van der Waals surface area contributed by atoms with Gasteiger partial charge in [-0.2, -0.15) is 0 Å². The SMILES string of the molecule is NC(=S)c1ccc(N(CCO)C2CCC2)cc1Br. The van der Waals surface area contributed by atoms with Crippen molar-refractivity contribution in [3.8, 4) is 0 Å². The van der Waals surface area contributed by atoms with E-state index in [1.54, 1.807) is 0 Å². The summed E-state index contributed by atoms with van der Waals surface area (Å²) in [6, 6.07) is 6.54. The number of hydrogen-bond donors (Lipinski definition) is 2. The molecule has 3 nitrogen and oxygen atoms in total. The molecule has 0 aromatic heterocycles. The maximum atomic E-state index is 9.18. The monoisotopic (exact) mass is 328 g/mol. The maximum absolute atomic E-state index is 9.18. The van der Waals surface area contributed by atoms with Crippen molar-refractivity contribution in [2.24, 2.45) is 5.73 Å². The molecular formula is C13H17BrN2OS. The van der Waals surface area contributed by atoms with Crippen LogP contribution in [0.3, 0.4) is 0 Å². The molecule has 1 saturated carbocycles. The summed E-state index contributed by atoms with van der Waals surface area (Å²) < 4.78 is 0.912. The Morgan fingerprint density at radius 1 is 1.50 bits per heavy atom. The van der Waals surface area contributed by atoms with Crippen molar-refractivity contribution >= 4 is 38.8 Å². The minimum atomic E-state index is 0.172. The van der Waals surface area contributed by atoms with Crippen molar-refractivity contribution in [1.29, 1.82) is 0 Å². The summed E-state index contributed by atoms with van der Waals surface area (Å²) >= 11 is 8.49. The number of anilines is 1. The summed E-state index contributed by atoms with van der Waals surface area (Å²) in [6.45, 7) is 0.842. The first-order chi connectivity index (χ1) is 8.63. The van der Waals surface area contributed by atoms with Gasteiger partial charge in [0.15, 0.2) is 0 Å². The van der Waals surface area contributed by atoms with Crippen LogP contribution < -0.4 is 10.6 Å². The number of aliphatic hydroxyl groups is 1. The topological polar surface area (TPSA) is 49.5 Å². The van der Waals surface area contributed by atoms with Crippen LogP contribution in [0.25, 0.3) is 0 Å². The van der Waals surface area contributed by atoms with Crippen molar-refractivity contribution in [3.63, 3.8) is 0 Å². The first-order valence-corrected chi connectivity index (χ1v) is 7.30. The van der Waals surface area contributed by atoms with E-state index in [1.165, 1.54) is 19.3 Å². The highest BCUT2D eigenvalue weighted by Gasteiger charge is 2.25. The van der Waals surface area contributed by atoms with Crippen LogP contribution in [-0.4, -0.2) is 29.3 Å². The molecule has 0 bridgehead atoms. The average molecular weight is 329 g/mol. The number of nitrogens with two attached hydrogens (primary N) is 1. The second-order valence-corrected chi connectivity index (χ2v) is 5.82. The normalized spacial score (nSPS) is 15.2. The van der Waals surface area contributed by atoms with Gasteiger partial charge < -0.3 is 15.7 Å². The lowest BCUT2D eigenvalue weighted by molar-refractivity contribution is 0.283. The van der Waals surface area contributed by atoms with Gasteiger partial charge in [-0.25, -0.2) is 0 Å². The number of benzene rings is 1. The zero-order valence-corrected chi connectivity index (χ0v) is 12.5. The minimum absolute atomic E-state index is 0.172. The zero-order valence-electron chi connectivity index (χ0n) is 10.1. The van der Waals surface area contributed by atoms with Gasteiger partial charge in [-0.3, -0.25) is 0 Å². The largest absolute Gasteiger partial charge is 0.395 e. The number of aliphatic hydroxyl groups excluding tert-OH is 1. The number of rotatable bonds is 5. The number of thiocarbonyl (C=S) groups is 1. The molecule has 0 unspecified atom stereocenters. The van der Waals surface area contributed by atoms with Crippen LogP contribution in [0.4, 0.5) is 5.69 Å². The third-order valence-corrected chi connectivity index (χ3v) is 4.28. The molecule has 0 heterocycles. The molecule has 1 aromatic carbocycles. The van der Waals surface area contributed by atoms with Crippen LogP contribution in [0.15, 0.2) is 22.7 Å². The van der Waals surface area contributed by atoms with Gasteiger partial charge in [0.25, 0.3) is 0 Å². The van der Waals surface area contributed by atoms with Gasteiger partial charge in [-0.05, 0) is 53.4 Å². The van der Waals surface area contributed by atoms with Gasteiger partial charge >= 0.3 is 0 Å². The third kappa shape index (κ3) is 2.84. The Morgan fingerprint density at radius 2 is 2.22 bits per heavy atom. The molecule has 0 saturated heterocycles. The lowest BCUT2D eigenvalue weighted by atomic mass is 9.91. The summed E-state index contributed by atoms with van der Waals surface area (Å²) in [4.78, 5) is 2.66. The Bertz CT molecular complexity index is 449. The van der Waals surface area contributed by atoms with Crippen LogP contribution >= 0.6 is 28.1 Å². The van der Waals surface area contributed by atoms with E-state index < -0.39 is 0 Å². The van der Waals surface area contributed by atoms with Gasteiger partial charge in [0.2, 0.25) is 0 Å². The molecule has 5 heteroatoms. The Morgan fingerprint density at radius 3 is 2.67 bits per heavy atom. The van der Waals surface area contributed by atoms with E-state index in [1.807, 2.05) is 18.2 Å². The quantitative estimate of drug-likeness (QED) is 0.815. The summed E-state index contributed by atoms with van der Waals surface area (Å²) in [6.07, 6.45) is 3.68. The number of halogens is 1. The van der Waals surface area contributed by atoms with Crippen molar-refractivity contribution < 1.29 is 5.11 Å². The highest BCUT2D eigenvalue weighted by atomic mass is 79.9. The van der Waals surface area contributed by atoms with Crippen molar-refractivity contribution in [3.05, 3.63) is 28.2 Å². The van der Waals surface area contributed by atoms with Crippen LogP contribution in [-0.2, 0) is 0 Å². The molecule has 98 valence electrons. The Balaban J connectivity index is 2.24. The maximum Gasteiger partial charge on any atom is 0.105 e. The molecule has 0 aliphatic heterocycles. The van der Waals surface area contributed by atoms with E-state index in [0.717, 1.165) is 15.7 Å². The predicted octanol–water partition coefficient (Wildman–Crippen LogP) is 2.43. The van der Waals surface area contributed by atoms with Crippen molar-refractivity contribution in [1.82, 2.24) is 0 Å². The molecule has 2 rings (SSSR count). The number of nitrogens with zero attached hydrogens (tertiary/aromatic N) is 1. The standard InChI is InChI=1S/C13H17BrN2OS/c14-12-8-10(4-5-11(12)13(15)18)16(6-7-17)9-2-1-3-9/h4-5,8-9,17H,1-3,6-7H2,(H2,15,18). The van der Waals surface area contributed by atoms with Crippen LogP contribution in [0.1, 0.15) is 24.8 Å². The van der Waals surface area contributed by atoms with Gasteiger partial charge in [-0.1, -0.05) is 12.2 Å². The Kier molecular flexibility index (Phi) is 4.59. The van der Waals surface area contributed by atoms with Crippen molar-refractivity contribution in [2.75, 3.05) is 18.1 Å². The van der Waals surface area contributed by atoms with Gasteiger partial charge in [0, 0.05) is 28.3 Å². The van der Waals surface area contributed by atoms with Gasteiger partial charge in [-0.15, -0.1) is 0 Å². The lowest BCUT2D eigenvalue weighted by Gasteiger charge is -2.39. The third-order valence-electron chi connectivity index (χ3n) is 3.41. The molecule has 0 atom stereocenters. The molecular weight excluding hydrogens is 312 g/mol. The van der Waals surface area contributed by atoms with Crippen LogP contribution in [0.5, 0.6) is 0 Å². The van der Waals surface area contributed by atoms with E-state index in [2.05, 4.69) is 20.8 Å². The molecule has 1 fully saturated rings. The van der Waals surface area contributed by atoms with Crippen LogP contribution in [0, 0.1) is 0 Å². The lowest BCUT2D eigenvalue weighted by Crippen LogP contribution is -2.42. The predicted molar refractivity (Wildman–Crippen MR) is 82.1 cm³/mol. The summed E-state index contributed by atoms with van der Waals surface area (Å²) in [5.41, 5.74) is 7.61. The summed E-state index contributed by atoms with van der Waals surface area (Å²) in [5, 5.41) is 9.18. The molecule has 1 aliphatic carbocycles. The van der Waals surface area contributed by atoms with Crippen LogP contribution in [0.2, 0.25) is 0 Å². The summed E-state index contributed by atoms with van der Waals surface area (Å²) in [5.74, 6) is 0. The highest BCUT2D eigenvalue weighted by Crippen LogP contribution is 2.31. The molecule has 1 aromatic rings. The van der Waals surface area contributed by atoms with E-state index in [9.17, 15) is 5.11 Å². The number of hydrogen-bond acceptors (Lipinski definition) is 3. The second kappa shape index (κ2) is 5.99. The average Bonchev–Trinajstić information content (AvgIpc) is 2.25. The minimum Gasteiger partial charge on any atom is -0.395 e. The fourth-order valence-corrected chi connectivity index (χ4v) is 3.10. The molecule has 0 radical (unpaired) electrons. The van der Waals surface area contributed by atoms with E-state index >= 15 is 0 Å². The first-order valence-electron chi connectivity index (χ1n) is 6.10.